The van der Waals surface area contributed by atoms with Gasteiger partial charge >= 0.3 is 5.97 Å². The Balaban J connectivity index is 1.40. The minimum absolute atomic E-state index is 0.0522. The van der Waals surface area contributed by atoms with Crippen molar-refractivity contribution < 1.29 is 18.7 Å². The predicted molar refractivity (Wildman–Crippen MR) is 110 cm³/mol. The third-order valence-corrected chi connectivity index (χ3v) is 4.85. The van der Waals surface area contributed by atoms with Gasteiger partial charge in [-0.05, 0) is 49.6 Å². The number of aryl methyl sites for hydroxylation is 3. The minimum atomic E-state index is -0.410. The lowest BCUT2D eigenvalue weighted by Gasteiger charge is -2.07. The average Bonchev–Trinajstić information content (AvgIpc) is 2.99. The molecule has 0 atom stereocenters. The summed E-state index contributed by atoms with van der Waals surface area (Å²) in [6.45, 7) is 4.23. The van der Waals surface area contributed by atoms with Crippen LogP contribution in [0.3, 0.4) is 0 Å². The van der Waals surface area contributed by atoms with Crippen LogP contribution in [0.1, 0.15) is 28.8 Å². The van der Waals surface area contributed by atoms with Crippen LogP contribution in [0.15, 0.2) is 42.5 Å². The van der Waals surface area contributed by atoms with Crippen molar-refractivity contribution in [3.05, 3.63) is 70.7 Å². The third kappa shape index (κ3) is 5.67. The van der Waals surface area contributed by atoms with Gasteiger partial charge in [0, 0.05) is 23.0 Å². The van der Waals surface area contributed by atoms with E-state index in [9.17, 15) is 14.0 Å². The normalized spacial score (nSPS) is 10.9. The largest absolute Gasteiger partial charge is 0.464 e. The second kappa shape index (κ2) is 9.37. The summed E-state index contributed by atoms with van der Waals surface area (Å²) in [7, 11) is 0. The molecule has 1 aromatic heterocycles. The van der Waals surface area contributed by atoms with Crippen molar-refractivity contribution in [1.29, 1.82) is 0 Å². The Morgan fingerprint density at radius 3 is 2.62 bits per heavy atom. The fraction of sp³-hybridized carbons (Fsp3) is 0.304. The molecule has 6 heteroatoms. The van der Waals surface area contributed by atoms with Crippen LogP contribution in [0.4, 0.5) is 4.39 Å². The molecule has 1 amide bonds. The summed E-state index contributed by atoms with van der Waals surface area (Å²) in [6.07, 6.45) is 1.11. The molecule has 3 rings (SSSR count). The number of aromatic amines is 1. The van der Waals surface area contributed by atoms with Crippen LogP contribution in [-0.2, 0) is 27.2 Å². The van der Waals surface area contributed by atoms with E-state index in [0.29, 0.717) is 18.2 Å². The molecule has 0 saturated carbocycles. The molecule has 0 fully saturated rings. The second-order valence-electron chi connectivity index (χ2n) is 7.15. The number of esters is 1. The van der Waals surface area contributed by atoms with E-state index < -0.39 is 5.97 Å². The molecule has 0 aliphatic heterocycles. The first-order valence-corrected chi connectivity index (χ1v) is 9.67. The molecule has 1 heterocycles. The van der Waals surface area contributed by atoms with Crippen LogP contribution in [0, 0.1) is 19.7 Å². The van der Waals surface area contributed by atoms with Crippen LogP contribution >= 0.6 is 0 Å². The summed E-state index contributed by atoms with van der Waals surface area (Å²) >= 11 is 0. The number of aromatic nitrogens is 1. The first-order chi connectivity index (χ1) is 13.9. The van der Waals surface area contributed by atoms with Gasteiger partial charge in [0.25, 0.3) is 0 Å². The van der Waals surface area contributed by atoms with E-state index in [-0.39, 0.29) is 31.3 Å². The second-order valence-corrected chi connectivity index (χ2v) is 7.15. The van der Waals surface area contributed by atoms with Crippen LogP contribution in [0.5, 0.6) is 0 Å². The Morgan fingerprint density at radius 2 is 1.86 bits per heavy atom. The van der Waals surface area contributed by atoms with Crippen molar-refractivity contribution in [2.45, 2.75) is 33.1 Å². The summed E-state index contributed by atoms with van der Waals surface area (Å²) < 4.78 is 18.7. The van der Waals surface area contributed by atoms with Crippen molar-refractivity contribution in [1.82, 2.24) is 10.3 Å². The first kappa shape index (κ1) is 20.6. The number of hydrogen-bond acceptors (Lipinski definition) is 3. The standard InChI is InChI=1S/C23H25FN2O3/c1-15-3-5-17(6-4-15)7-10-22(27)25-11-12-29-23(28)14-19-16(2)26-21-9-8-18(24)13-20(19)21/h3-6,8-9,13,26H,7,10-12,14H2,1-2H3,(H,25,27). The zero-order valence-corrected chi connectivity index (χ0v) is 16.7. The number of ether oxygens (including phenoxy) is 1. The van der Waals surface area contributed by atoms with Gasteiger partial charge in [0.05, 0.1) is 13.0 Å². The Labute approximate surface area is 169 Å². The lowest BCUT2D eigenvalue weighted by atomic mass is 10.1. The Kier molecular flexibility index (Phi) is 6.65. The number of H-pyrrole nitrogens is 1. The predicted octanol–water partition coefficient (Wildman–Crippen LogP) is 3.76. The molecular weight excluding hydrogens is 371 g/mol. The monoisotopic (exact) mass is 396 g/mol. The van der Waals surface area contributed by atoms with E-state index in [2.05, 4.69) is 10.3 Å². The smallest absolute Gasteiger partial charge is 0.310 e. The maximum absolute atomic E-state index is 13.5. The molecule has 0 radical (unpaired) electrons. The third-order valence-electron chi connectivity index (χ3n) is 4.85. The van der Waals surface area contributed by atoms with E-state index in [1.165, 1.54) is 17.7 Å². The van der Waals surface area contributed by atoms with Gasteiger partial charge in [-0.3, -0.25) is 9.59 Å². The van der Waals surface area contributed by atoms with Crippen molar-refractivity contribution in [3.63, 3.8) is 0 Å². The zero-order chi connectivity index (χ0) is 20.8. The van der Waals surface area contributed by atoms with Crippen LogP contribution in [0.25, 0.3) is 10.9 Å². The summed E-state index contributed by atoms with van der Waals surface area (Å²) in [6, 6.07) is 12.5. The van der Waals surface area contributed by atoms with Gasteiger partial charge in [-0.25, -0.2) is 4.39 Å². The Hall–Kier alpha value is -3.15. The summed E-state index contributed by atoms with van der Waals surface area (Å²) in [5.41, 5.74) is 4.63. The number of nitrogens with one attached hydrogen (secondary N) is 2. The van der Waals surface area contributed by atoms with Crippen molar-refractivity contribution in [2.75, 3.05) is 13.2 Å². The molecule has 5 nitrogen and oxygen atoms in total. The molecule has 0 saturated heterocycles. The van der Waals surface area contributed by atoms with E-state index in [4.69, 9.17) is 4.74 Å². The number of fused-ring (bicyclic) bond motifs is 1. The molecule has 0 aliphatic rings. The molecular formula is C23H25FN2O3. The fourth-order valence-corrected chi connectivity index (χ4v) is 3.23. The highest BCUT2D eigenvalue weighted by Crippen LogP contribution is 2.23. The summed E-state index contributed by atoms with van der Waals surface area (Å²) in [4.78, 5) is 27.2. The Morgan fingerprint density at radius 1 is 1.10 bits per heavy atom. The molecule has 3 aromatic rings. The Bertz CT molecular complexity index is 1010. The molecule has 152 valence electrons. The maximum Gasteiger partial charge on any atom is 0.310 e. The van der Waals surface area contributed by atoms with E-state index in [1.807, 2.05) is 38.1 Å². The van der Waals surface area contributed by atoms with Crippen LogP contribution < -0.4 is 5.32 Å². The number of halogens is 1. The highest BCUT2D eigenvalue weighted by molar-refractivity contribution is 5.88. The molecule has 0 aliphatic carbocycles. The zero-order valence-electron chi connectivity index (χ0n) is 16.7. The molecule has 0 bridgehead atoms. The van der Waals surface area contributed by atoms with Gasteiger partial charge in [0.15, 0.2) is 0 Å². The highest BCUT2D eigenvalue weighted by Gasteiger charge is 2.14. The van der Waals surface area contributed by atoms with Gasteiger partial charge in [-0.1, -0.05) is 29.8 Å². The highest BCUT2D eigenvalue weighted by atomic mass is 19.1. The van der Waals surface area contributed by atoms with Gasteiger partial charge in [-0.15, -0.1) is 0 Å². The summed E-state index contributed by atoms with van der Waals surface area (Å²) in [5, 5.41) is 3.44. The molecule has 29 heavy (non-hydrogen) atoms. The fourth-order valence-electron chi connectivity index (χ4n) is 3.23. The van der Waals surface area contributed by atoms with Gasteiger partial charge in [-0.2, -0.15) is 0 Å². The number of rotatable bonds is 8. The number of hydrogen-bond donors (Lipinski definition) is 2. The van der Waals surface area contributed by atoms with Gasteiger partial charge in [0.2, 0.25) is 5.91 Å². The van der Waals surface area contributed by atoms with Crippen molar-refractivity contribution in [3.8, 4) is 0 Å². The molecule has 0 spiro atoms. The number of carbonyl (C=O) groups excluding carboxylic acids is 2. The van der Waals surface area contributed by atoms with E-state index in [1.54, 1.807) is 6.07 Å². The molecule has 0 unspecified atom stereocenters. The lowest BCUT2D eigenvalue weighted by molar-refractivity contribution is -0.143. The van der Waals surface area contributed by atoms with Crippen LogP contribution in [0.2, 0.25) is 0 Å². The quantitative estimate of drug-likeness (QED) is 0.450. The lowest BCUT2D eigenvalue weighted by Crippen LogP contribution is -2.28. The van der Waals surface area contributed by atoms with Crippen molar-refractivity contribution >= 4 is 22.8 Å². The maximum atomic E-state index is 13.5. The first-order valence-electron chi connectivity index (χ1n) is 9.67. The minimum Gasteiger partial charge on any atom is -0.464 e. The van der Waals surface area contributed by atoms with Crippen LogP contribution in [-0.4, -0.2) is 30.0 Å². The topological polar surface area (TPSA) is 71.2 Å². The molecule has 2 N–H and O–H groups in total. The SMILES string of the molecule is Cc1ccc(CCC(=O)NCCOC(=O)Cc2c(C)[nH]c3ccc(F)cc23)cc1. The molecule has 2 aromatic carbocycles. The van der Waals surface area contributed by atoms with E-state index >= 15 is 0 Å². The van der Waals surface area contributed by atoms with Gasteiger partial charge < -0.3 is 15.0 Å². The summed E-state index contributed by atoms with van der Waals surface area (Å²) in [5.74, 6) is -0.837. The number of amides is 1. The van der Waals surface area contributed by atoms with E-state index in [0.717, 1.165) is 22.3 Å². The van der Waals surface area contributed by atoms with Gasteiger partial charge in [0.1, 0.15) is 12.4 Å². The van der Waals surface area contributed by atoms with Crippen molar-refractivity contribution in [2.24, 2.45) is 0 Å². The average molecular weight is 396 g/mol. The number of carbonyl (C=O) groups is 2. The number of benzene rings is 2.